The molecule has 0 bridgehead atoms. The van der Waals surface area contributed by atoms with E-state index < -0.39 is 26.6 Å². The highest BCUT2D eigenvalue weighted by Gasteiger charge is 2.23. The van der Waals surface area contributed by atoms with Gasteiger partial charge in [-0.25, -0.2) is 22.2 Å². The molecule has 0 aliphatic heterocycles. The quantitative estimate of drug-likeness (QED) is 0.887. The molecule has 0 aliphatic rings. The second kappa shape index (κ2) is 5.10. The Bertz CT molecular complexity index is 685. The Hall–Kier alpha value is -1.73. The molecule has 19 heavy (non-hydrogen) atoms. The van der Waals surface area contributed by atoms with Crippen LogP contribution in [-0.4, -0.2) is 13.4 Å². The van der Waals surface area contributed by atoms with Crippen molar-refractivity contribution in [3.63, 3.8) is 0 Å². The summed E-state index contributed by atoms with van der Waals surface area (Å²) >= 11 is 5.54. The standard InChI is InChI=1S/C11H7ClF2N2O2S/c12-10-5-4-7(6-15-10)16-19(17,18)11-8(13)2-1-3-9(11)14/h1-6,16H. The van der Waals surface area contributed by atoms with E-state index in [1.54, 1.807) is 0 Å². The third-order valence-electron chi connectivity index (χ3n) is 2.17. The van der Waals surface area contributed by atoms with E-state index in [0.29, 0.717) is 0 Å². The summed E-state index contributed by atoms with van der Waals surface area (Å²) in [5.74, 6) is -2.34. The third kappa shape index (κ3) is 2.99. The molecule has 0 saturated carbocycles. The van der Waals surface area contributed by atoms with Crippen LogP contribution in [0, 0.1) is 11.6 Å². The number of halogens is 3. The molecule has 0 atom stereocenters. The molecule has 0 unspecified atom stereocenters. The summed E-state index contributed by atoms with van der Waals surface area (Å²) in [4.78, 5) is 2.62. The average molecular weight is 305 g/mol. The summed E-state index contributed by atoms with van der Waals surface area (Å²) in [6, 6.07) is 5.46. The van der Waals surface area contributed by atoms with Crippen molar-refractivity contribution in [2.24, 2.45) is 0 Å². The van der Waals surface area contributed by atoms with Gasteiger partial charge < -0.3 is 0 Å². The molecular weight excluding hydrogens is 298 g/mol. The summed E-state index contributed by atoms with van der Waals surface area (Å²) in [6.45, 7) is 0. The number of pyridine rings is 1. The Labute approximate surface area is 113 Å². The minimum absolute atomic E-state index is 0.0482. The fourth-order valence-corrected chi connectivity index (χ4v) is 2.68. The summed E-state index contributed by atoms with van der Waals surface area (Å²) < 4.78 is 52.6. The van der Waals surface area contributed by atoms with E-state index in [1.807, 2.05) is 4.72 Å². The van der Waals surface area contributed by atoms with Crippen LogP contribution in [-0.2, 0) is 10.0 Å². The van der Waals surface area contributed by atoms with E-state index in [9.17, 15) is 17.2 Å². The number of anilines is 1. The van der Waals surface area contributed by atoms with Gasteiger partial charge in [0, 0.05) is 0 Å². The molecule has 0 fully saturated rings. The number of aromatic nitrogens is 1. The smallest absolute Gasteiger partial charge is 0.267 e. The lowest BCUT2D eigenvalue weighted by Gasteiger charge is -2.09. The lowest BCUT2D eigenvalue weighted by molar-refractivity contribution is 0.521. The van der Waals surface area contributed by atoms with E-state index in [1.165, 1.54) is 12.1 Å². The molecule has 1 heterocycles. The second-order valence-electron chi connectivity index (χ2n) is 3.53. The van der Waals surface area contributed by atoms with Crippen LogP contribution in [0.5, 0.6) is 0 Å². The normalized spacial score (nSPS) is 11.3. The maximum atomic E-state index is 13.4. The van der Waals surface area contributed by atoms with Crippen LogP contribution >= 0.6 is 11.6 Å². The monoisotopic (exact) mass is 304 g/mol. The molecule has 1 N–H and O–H groups in total. The predicted octanol–water partition coefficient (Wildman–Crippen LogP) is 2.81. The van der Waals surface area contributed by atoms with Gasteiger partial charge in [-0.15, -0.1) is 0 Å². The van der Waals surface area contributed by atoms with Crippen LogP contribution < -0.4 is 4.72 Å². The van der Waals surface area contributed by atoms with Crippen molar-refractivity contribution in [3.05, 3.63) is 53.3 Å². The molecule has 2 aromatic rings. The number of benzene rings is 1. The molecule has 2 rings (SSSR count). The van der Waals surface area contributed by atoms with E-state index >= 15 is 0 Å². The summed E-state index contributed by atoms with van der Waals surface area (Å²) in [5, 5.41) is 0.167. The van der Waals surface area contributed by atoms with Crippen LogP contribution in [0.15, 0.2) is 41.4 Å². The Morgan fingerprint density at radius 1 is 1.11 bits per heavy atom. The van der Waals surface area contributed by atoms with E-state index in [2.05, 4.69) is 4.98 Å². The highest BCUT2D eigenvalue weighted by atomic mass is 35.5. The van der Waals surface area contributed by atoms with Crippen LogP contribution in [0.4, 0.5) is 14.5 Å². The number of nitrogens with one attached hydrogen (secondary N) is 1. The van der Waals surface area contributed by atoms with Gasteiger partial charge in [-0.2, -0.15) is 0 Å². The molecule has 0 spiro atoms. The van der Waals surface area contributed by atoms with Gasteiger partial charge in [0.05, 0.1) is 11.9 Å². The molecule has 0 radical (unpaired) electrons. The minimum Gasteiger partial charge on any atom is -0.278 e. The Morgan fingerprint density at radius 3 is 2.26 bits per heavy atom. The molecule has 4 nitrogen and oxygen atoms in total. The van der Waals surface area contributed by atoms with Crippen molar-refractivity contribution < 1.29 is 17.2 Å². The summed E-state index contributed by atoms with van der Waals surface area (Å²) in [6.07, 6.45) is 1.14. The lowest BCUT2D eigenvalue weighted by Crippen LogP contribution is -2.16. The zero-order valence-electron chi connectivity index (χ0n) is 9.27. The van der Waals surface area contributed by atoms with Gasteiger partial charge in [0.1, 0.15) is 16.8 Å². The topological polar surface area (TPSA) is 59.1 Å². The molecule has 100 valence electrons. The molecule has 1 aromatic carbocycles. The highest BCUT2D eigenvalue weighted by molar-refractivity contribution is 7.92. The largest absolute Gasteiger partial charge is 0.278 e. The molecular formula is C11H7ClF2N2O2S. The van der Waals surface area contributed by atoms with Gasteiger partial charge >= 0.3 is 0 Å². The summed E-state index contributed by atoms with van der Waals surface area (Å²) in [7, 11) is -4.37. The average Bonchev–Trinajstić information content (AvgIpc) is 2.31. The summed E-state index contributed by atoms with van der Waals surface area (Å²) in [5.41, 5.74) is 0.0482. The van der Waals surface area contributed by atoms with Crippen molar-refractivity contribution in [2.75, 3.05) is 4.72 Å². The van der Waals surface area contributed by atoms with Crippen molar-refractivity contribution in [2.45, 2.75) is 4.90 Å². The number of nitrogens with zero attached hydrogens (tertiary/aromatic N) is 1. The number of sulfonamides is 1. The molecule has 0 saturated heterocycles. The van der Waals surface area contributed by atoms with Crippen molar-refractivity contribution >= 4 is 27.3 Å². The second-order valence-corrected chi connectivity index (χ2v) is 5.53. The zero-order valence-corrected chi connectivity index (χ0v) is 10.8. The molecule has 0 amide bonds. The SMILES string of the molecule is O=S(=O)(Nc1ccc(Cl)nc1)c1c(F)cccc1F. The van der Waals surface area contributed by atoms with Crippen molar-refractivity contribution in [3.8, 4) is 0 Å². The van der Waals surface area contributed by atoms with E-state index in [4.69, 9.17) is 11.6 Å². The van der Waals surface area contributed by atoms with Crippen molar-refractivity contribution in [1.29, 1.82) is 0 Å². The number of rotatable bonds is 3. The van der Waals surface area contributed by atoms with Gasteiger partial charge in [0.15, 0.2) is 4.90 Å². The van der Waals surface area contributed by atoms with Gasteiger partial charge in [0.2, 0.25) is 0 Å². The fraction of sp³-hybridized carbons (Fsp3) is 0. The lowest BCUT2D eigenvalue weighted by atomic mass is 10.3. The molecule has 8 heteroatoms. The van der Waals surface area contributed by atoms with Gasteiger partial charge in [-0.05, 0) is 24.3 Å². The highest BCUT2D eigenvalue weighted by Crippen LogP contribution is 2.21. The Balaban J connectivity index is 2.41. The van der Waals surface area contributed by atoms with Crippen LogP contribution in [0.2, 0.25) is 5.15 Å². The molecule has 0 aliphatic carbocycles. The van der Waals surface area contributed by atoms with E-state index in [-0.39, 0.29) is 10.8 Å². The van der Waals surface area contributed by atoms with Crippen LogP contribution in [0.3, 0.4) is 0 Å². The minimum atomic E-state index is -4.37. The fourth-order valence-electron chi connectivity index (χ4n) is 1.38. The van der Waals surface area contributed by atoms with Gasteiger partial charge in [-0.3, -0.25) is 4.72 Å². The van der Waals surface area contributed by atoms with Crippen LogP contribution in [0.1, 0.15) is 0 Å². The first-order chi connectivity index (χ1) is 8.90. The molecule has 1 aromatic heterocycles. The zero-order chi connectivity index (χ0) is 14.0. The van der Waals surface area contributed by atoms with Gasteiger partial charge in [-0.1, -0.05) is 17.7 Å². The Morgan fingerprint density at radius 2 is 1.74 bits per heavy atom. The number of hydrogen-bond donors (Lipinski definition) is 1. The third-order valence-corrected chi connectivity index (χ3v) is 3.82. The first kappa shape index (κ1) is 13.7. The predicted molar refractivity (Wildman–Crippen MR) is 66.4 cm³/mol. The van der Waals surface area contributed by atoms with Gasteiger partial charge in [0.25, 0.3) is 10.0 Å². The van der Waals surface area contributed by atoms with E-state index in [0.717, 1.165) is 24.4 Å². The first-order valence-electron chi connectivity index (χ1n) is 4.98. The first-order valence-corrected chi connectivity index (χ1v) is 6.84. The maximum absolute atomic E-state index is 13.4. The van der Waals surface area contributed by atoms with Crippen molar-refractivity contribution in [1.82, 2.24) is 4.98 Å². The maximum Gasteiger partial charge on any atom is 0.267 e. The van der Waals surface area contributed by atoms with Crippen LogP contribution in [0.25, 0.3) is 0 Å². The number of hydrogen-bond acceptors (Lipinski definition) is 3. The Kier molecular flexibility index (Phi) is 3.68.